The molecule has 3 atom stereocenters. The van der Waals surface area contributed by atoms with Crippen LogP contribution >= 0.6 is 0 Å². The van der Waals surface area contributed by atoms with Gasteiger partial charge in [0.1, 0.15) is 19.0 Å². The third-order valence-electron chi connectivity index (χ3n) is 5.04. The lowest BCUT2D eigenvalue weighted by Gasteiger charge is -2.27. The highest BCUT2D eigenvalue weighted by Crippen LogP contribution is 2.35. The monoisotopic (exact) mass is 393 g/mol. The topological polar surface area (TPSA) is 100 Å². The number of carbonyl (C=O) groups is 2. The molecule has 1 saturated heterocycles. The molecule has 1 heterocycles. The Bertz CT molecular complexity index is 785. The van der Waals surface area contributed by atoms with Crippen LogP contribution < -0.4 is 10.2 Å². The number of carbonyl (C=O) groups excluding carboxylic acids is 2. The van der Waals surface area contributed by atoms with Crippen molar-refractivity contribution in [1.82, 2.24) is 5.32 Å². The molecular formula is C19H24FN3O5. The zero-order valence-corrected chi connectivity index (χ0v) is 15.9. The van der Waals surface area contributed by atoms with Gasteiger partial charge in [-0.2, -0.15) is 0 Å². The largest absolute Gasteiger partial charge is 0.442 e. The highest BCUT2D eigenvalue weighted by atomic mass is 19.1. The van der Waals surface area contributed by atoms with E-state index in [0.717, 1.165) is 0 Å². The molecule has 1 aromatic carbocycles. The first-order valence-corrected chi connectivity index (χ1v) is 9.19. The Balaban J connectivity index is 1.68. The Labute approximate surface area is 162 Å². The van der Waals surface area contributed by atoms with Crippen molar-refractivity contribution in [2.45, 2.75) is 44.3 Å². The van der Waals surface area contributed by atoms with Gasteiger partial charge in [-0.05, 0) is 42.9 Å². The highest BCUT2D eigenvalue weighted by Gasteiger charge is 2.34. The SMILES string of the molecule is CO/N=C1/CCC(c2ccc(N3C[C@H](CNC(C)=O)OC3=O)cc2F)C[C@@H]1O. The summed E-state index contributed by atoms with van der Waals surface area (Å²) in [5.41, 5.74) is 1.47. The maximum atomic E-state index is 14.8. The molecule has 2 aliphatic rings. The summed E-state index contributed by atoms with van der Waals surface area (Å²) < 4.78 is 20.0. The molecule has 0 aromatic heterocycles. The van der Waals surface area contributed by atoms with Gasteiger partial charge in [-0.25, -0.2) is 9.18 Å². The summed E-state index contributed by atoms with van der Waals surface area (Å²) in [5.74, 6) is -0.781. The third-order valence-corrected chi connectivity index (χ3v) is 5.04. The summed E-state index contributed by atoms with van der Waals surface area (Å²) in [5, 5.41) is 16.6. The smallest absolute Gasteiger partial charge is 0.414 e. The average Bonchev–Trinajstić information content (AvgIpc) is 3.02. The third kappa shape index (κ3) is 4.41. The minimum Gasteiger partial charge on any atom is -0.442 e. The lowest BCUT2D eigenvalue weighted by molar-refractivity contribution is -0.119. The molecule has 1 saturated carbocycles. The van der Waals surface area contributed by atoms with Crippen molar-refractivity contribution in [1.29, 1.82) is 0 Å². The summed E-state index contributed by atoms with van der Waals surface area (Å²) in [7, 11) is 1.42. The van der Waals surface area contributed by atoms with Crippen molar-refractivity contribution >= 4 is 23.4 Å². The van der Waals surface area contributed by atoms with Crippen LogP contribution in [0.2, 0.25) is 0 Å². The van der Waals surface area contributed by atoms with Crippen LogP contribution in [-0.2, 0) is 14.4 Å². The number of cyclic esters (lactones) is 1. The second-order valence-electron chi connectivity index (χ2n) is 7.01. The van der Waals surface area contributed by atoms with E-state index < -0.39 is 24.1 Å². The van der Waals surface area contributed by atoms with E-state index in [2.05, 4.69) is 10.5 Å². The number of hydrogen-bond acceptors (Lipinski definition) is 6. The zero-order valence-electron chi connectivity index (χ0n) is 15.9. The van der Waals surface area contributed by atoms with E-state index in [1.807, 2.05) is 0 Å². The standard InChI is InChI=1S/C19H24FN3O5/c1-11(24)21-9-14-10-23(19(26)28-14)13-4-5-15(16(20)8-13)12-3-6-17(22-27-2)18(25)7-12/h4-5,8,12,14,18,25H,3,6-7,9-10H2,1-2H3,(H,21,24)/b22-17-/t12?,14-,18-/m0/s1. The number of halogens is 1. The van der Waals surface area contributed by atoms with E-state index >= 15 is 0 Å². The van der Waals surface area contributed by atoms with Crippen LogP contribution in [0.1, 0.15) is 37.7 Å². The molecule has 3 rings (SSSR count). The van der Waals surface area contributed by atoms with Gasteiger partial charge in [0.05, 0.1) is 30.6 Å². The number of aliphatic hydroxyl groups is 1. The predicted molar refractivity (Wildman–Crippen MR) is 99.7 cm³/mol. The van der Waals surface area contributed by atoms with Gasteiger partial charge in [0.25, 0.3) is 0 Å². The fourth-order valence-corrected chi connectivity index (χ4v) is 3.63. The minimum absolute atomic E-state index is 0.141. The number of rotatable bonds is 5. The lowest BCUT2D eigenvalue weighted by atomic mass is 9.81. The molecule has 9 heteroatoms. The van der Waals surface area contributed by atoms with E-state index in [-0.39, 0.29) is 24.9 Å². The number of nitrogens with zero attached hydrogens (tertiary/aromatic N) is 2. The van der Waals surface area contributed by atoms with Gasteiger partial charge >= 0.3 is 6.09 Å². The maximum Gasteiger partial charge on any atom is 0.414 e. The van der Waals surface area contributed by atoms with Crippen LogP contribution in [0.15, 0.2) is 23.4 Å². The van der Waals surface area contributed by atoms with Gasteiger partial charge in [0, 0.05) is 6.92 Å². The molecule has 28 heavy (non-hydrogen) atoms. The molecule has 1 aliphatic carbocycles. The van der Waals surface area contributed by atoms with Crippen molar-refractivity contribution in [3.05, 3.63) is 29.6 Å². The highest BCUT2D eigenvalue weighted by molar-refractivity contribution is 5.90. The molecule has 2 amide bonds. The van der Waals surface area contributed by atoms with Gasteiger partial charge < -0.3 is 20.0 Å². The average molecular weight is 393 g/mol. The molecule has 2 fully saturated rings. The number of oxime groups is 1. The molecule has 1 aliphatic heterocycles. The van der Waals surface area contributed by atoms with Crippen LogP contribution in [0.5, 0.6) is 0 Å². The van der Waals surface area contributed by atoms with Crippen molar-refractivity contribution in [2.75, 3.05) is 25.1 Å². The zero-order chi connectivity index (χ0) is 20.3. The number of anilines is 1. The number of benzene rings is 1. The van der Waals surface area contributed by atoms with Crippen molar-refractivity contribution < 1.29 is 28.7 Å². The van der Waals surface area contributed by atoms with Crippen LogP contribution in [0.4, 0.5) is 14.9 Å². The summed E-state index contributed by atoms with van der Waals surface area (Å²) in [6.45, 7) is 1.83. The number of amides is 2. The summed E-state index contributed by atoms with van der Waals surface area (Å²) in [6, 6.07) is 4.63. The molecule has 2 N–H and O–H groups in total. The van der Waals surface area contributed by atoms with Crippen LogP contribution in [0.3, 0.4) is 0 Å². The van der Waals surface area contributed by atoms with Crippen molar-refractivity contribution in [3.63, 3.8) is 0 Å². The Morgan fingerprint density at radius 3 is 2.93 bits per heavy atom. The Morgan fingerprint density at radius 2 is 2.29 bits per heavy atom. The molecule has 0 spiro atoms. The normalized spacial score (nSPS) is 26.3. The van der Waals surface area contributed by atoms with Gasteiger partial charge in [0.15, 0.2) is 0 Å². The van der Waals surface area contributed by atoms with Gasteiger partial charge in [-0.1, -0.05) is 11.2 Å². The molecule has 0 radical (unpaired) electrons. The number of nitrogens with one attached hydrogen (secondary N) is 1. The molecule has 1 aromatic rings. The molecule has 1 unspecified atom stereocenters. The molecular weight excluding hydrogens is 369 g/mol. The second kappa shape index (κ2) is 8.55. The van der Waals surface area contributed by atoms with E-state index in [1.165, 1.54) is 25.0 Å². The number of ether oxygens (including phenoxy) is 1. The van der Waals surface area contributed by atoms with Crippen LogP contribution in [-0.4, -0.2) is 55.2 Å². The molecule has 8 nitrogen and oxygen atoms in total. The van der Waals surface area contributed by atoms with Crippen LogP contribution in [0, 0.1) is 5.82 Å². The molecule has 0 bridgehead atoms. The first-order chi connectivity index (χ1) is 13.4. The Kier molecular flexibility index (Phi) is 6.13. The van der Waals surface area contributed by atoms with Crippen LogP contribution in [0.25, 0.3) is 0 Å². The maximum absolute atomic E-state index is 14.8. The molecule has 152 valence electrons. The lowest BCUT2D eigenvalue weighted by Crippen LogP contribution is -2.33. The van der Waals surface area contributed by atoms with Crippen molar-refractivity contribution in [3.8, 4) is 0 Å². The fourth-order valence-electron chi connectivity index (χ4n) is 3.63. The van der Waals surface area contributed by atoms with E-state index in [9.17, 15) is 19.1 Å². The fraction of sp³-hybridized carbons (Fsp3) is 0.526. The van der Waals surface area contributed by atoms with E-state index in [0.29, 0.717) is 36.2 Å². The van der Waals surface area contributed by atoms with Gasteiger partial charge in [-0.3, -0.25) is 9.69 Å². The second-order valence-corrected chi connectivity index (χ2v) is 7.01. The number of aliphatic hydroxyl groups excluding tert-OH is 1. The van der Waals surface area contributed by atoms with Gasteiger partial charge in [-0.15, -0.1) is 0 Å². The minimum atomic E-state index is -0.763. The predicted octanol–water partition coefficient (Wildman–Crippen LogP) is 1.92. The Hall–Kier alpha value is -2.68. The summed E-state index contributed by atoms with van der Waals surface area (Å²) >= 11 is 0. The van der Waals surface area contributed by atoms with Crippen molar-refractivity contribution in [2.24, 2.45) is 5.16 Å². The van der Waals surface area contributed by atoms with Gasteiger partial charge in [0.2, 0.25) is 5.91 Å². The summed E-state index contributed by atoms with van der Waals surface area (Å²) in [6.07, 6.45) is -0.268. The van der Waals surface area contributed by atoms with E-state index in [1.54, 1.807) is 12.1 Å². The summed E-state index contributed by atoms with van der Waals surface area (Å²) in [4.78, 5) is 29.1. The first-order valence-electron chi connectivity index (χ1n) is 9.19. The number of hydrogen-bond donors (Lipinski definition) is 2. The Morgan fingerprint density at radius 1 is 1.50 bits per heavy atom. The quantitative estimate of drug-likeness (QED) is 0.745. The van der Waals surface area contributed by atoms with E-state index in [4.69, 9.17) is 9.57 Å². The first kappa shape index (κ1) is 20.1.